The summed E-state index contributed by atoms with van der Waals surface area (Å²) in [4.78, 5) is 19.6. The van der Waals surface area contributed by atoms with Crippen molar-refractivity contribution in [1.82, 2.24) is 9.97 Å². The molecule has 0 spiro atoms. The minimum Gasteiger partial charge on any atom is -0.497 e. The van der Waals surface area contributed by atoms with E-state index in [1.54, 1.807) is 18.2 Å². The number of para-hydroxylation sites is 2. The maximum atomic E-state index is 12.2. The Morgan fingerprint density at radius 2 is 2.10 bits per heavy atom. The van der Waals surface area contributed by atoms with Crippen molar-refractivity contribution in [3.8, 4) is 5.75 Å². The highest BCUT2D eigenvalue weighted by Gasteiger charge is 2.11. The van der Waals surface area contributed by atoms with Crippen LogP contribution in [0.1, 0.15) is 10.4 Å². The van der Waals surface area contributed by atoms with E-state index in [2.05, 4.69) is 15.3 Å². The lowest BCUT2D eigenvalue weighted by Crippen LogP contribution is -2.13. The summed E-state index contributed by atoms with van der Waals surface area (Å²) in [7, 11) is 1.52. The Bertz CT molecular complexity index is 777. The van der Waals surface area contributed by atoms with Gasteiger partial charge in [0.15, 0.2) is 0 Å². The molecule has 0 unspecified atom stereocenters. The molecular formula is C15H14N4O2. The molecule has 106 valence electrons. The molecule has 1 amide bonds. The van der Waals surface area contributed by atoms with Gasteiger partial charge < -0.3 is 15.5 Å². The first-order chi connectivity index (χ1) is 10.2. The van der Waals surface area contributed by atoms with Crippen molar-refractivity contribution < 1.29 is 9.53 Å². The molecular weight excluding hydrogens is 268 g/mol. The minimum absolute atomic E-state index is 0.306. The number of benzene rings is 2. The summed E-state index contributed by atoms with van der Waals surface area (Å²) in [5.41, 5.74) is 8.26. The van der Waals surface area contributed by atoms with Gasteiger partial charge in [0, 0.05) is 17.3 Å². The van der Waals surface area contributed by atoms with Crippen molar-refractivity contribution in [2.24, 2.45) is 0 Å². The van der Waals surface area contributed by atoms with Crippen LogP contribution in [-0.4, -0.2) is 23.0 Å². The number of nitrogens with zero attached hydrogens (tertiary/aromatic N) is 1. The van der Waals surface area contributed by atoms with Gasteiger partial charge in [-0.25, -0.2) is 4.98 Å². The average molecular weight is 282 g/mol. The smallest absolute Gasteiger partial charge is 0.258 e. The van der Waals surface area contributed by atoms with Crippen LogP contribution in [0.3, 0.4) is 0 Å². The quantitative estimate of drug-likeness (QED) is 0.643. The average Bonchev–Trinajstić information content (AvgIpc) is 2.88. The van der Waals surface area contributed by atoms with Gasteiger partial charge in [-0.1, -0.05) is 12.1 Å². The Labute approximate surface area is 120 Å². The maximum Gasteiger partial charge on any atom is 0.258 e. The van der Waals surface area contributed by atoms with Crippen molar-refractivity contribution in [2.75, 3.05) is 18.2 Å². The van der Waals surface area contributed by atoms with Crippen LogP contribution >= 0.6 is 0 Å². The topological polar surface area (TPSA) is 93.0 Å². The molecule has 2 aromatic carbocycles. The fourth-order valence-electron chi connectivity index (χ4n) is 2.06. The number of nitrogen functional groups attached to an aromatic ring is 1. The third-order valence-corrected chi connectivity index (χ3v) is 3.05. The number of aromatic amines is 1. The monoisotopic (exact) mass is 282 g/mol. The van der Waals surface area contributed by atoms with Gasteiger partial charge >= 0.3 is 0 Å². The number of aromatic nitrogens is 2. The summed E-state index contributed by atoms with van der Waals surface area (Å²) in [6, 6.07) is 12.4. The van der Waals surface area contributed by atoms with Crippen LogP contribution < -0.4 is 15.8 Å². The zero-order valence-corrected chi connectivity index (χ0v) is 11.4. The molecule has 0 aliphatic heterocycles. The second-order valence-electron chi connectivity index (χ2n) is 4.55. The van der Waals surface area contributed by atoms with Crippen LogP contribution in [0.25, 0.3) is 11.0 Å². The Balaban J connectivity index is 1.87. The molecule has 6 heteroatoms. The fraction of sp³-hybridized carbons (Fsp3) is 0.0667. The van der Waals surface area contributed by atoms with Crippen LogP contribution in [0.2, 0.25) is 0 Å². The molecule has 0 saturated carbocycles. The Morgan fingerprint density at radius 1 is 1.29 bits per heavy atom. The SMILES string of the molecule is COc1cc(N)cc(C(=O)Nc2nc3ccccc3[nH]2)c1. The van der Waals surface area contributed by atoms with Gasteiger partial charge in [0.05, 0.1) is 18.1 Å². The van der Waals surface area contributed by atoms with E-state index < -0.39 is 0 Å². The van der Waals surface area contributed by atoms with E-state index in [-0.39, 0.29) is 5.91 Å². The zero-order chi connectivity index (χ0) is 14.8. The number of methoxy groups -OCH3 is 1. The highest BCUT2D eigenvalue weighted by atomic mass is 16.5. The van der Waals surface area contributed by atoms with Gasteiger partial charge in [-0.15, -0.1) is 0 Å². The molecule has 0 bridgehead atoms. The summed E-state index contributed by atoms with van der Waals surface area (Å²) in [6.45, 7) is 0. The van der Waals surface area contributed by atoms with E-state index in [1.807, 2.05) is 24.3 Å². The first-order valence-electron chi connectivity index (χ1n) is 6.36. The molecule has 1 heterocycles. The first kappa shape index (κ1) is 13.0. The Hall–Kier alpha value is -3.02. The number of ether oxygens (including phenoxy) is 1. The van der Waals surface area contributed by atoms with E-state index in [9.17, 15) is 4.79 Å². The molecule has 0 fully saturated rings. The van der Waals surface area contributed by atoms with Crippen LogP contribution in [-0.2, 0) is 0 Å². The van der Waals surface area contributed by atoms with Crippen LogP contribution in [0.4, 0.5) is 11.6 Å². The van der Waals surface area contributed by atoms with Crippen molar-refractivity contribution in [3.05, 3.63) is 48.0 Å². The maximum absolute atomic E-state index is 12.2. The molecule has 0 saturated heterocycles. The second kappa shape index (κ2) is 5.16. The molecule has 6 nitrogen and oxygen atoms in total. The number of hydrogen-bond donors (Lipinski definition) is 3. The molecule has 0 aliphatic rings. The van der Waals surface area contributed by atoms with Crippen LogP contribution in [0.5, 0.6) is 5.75 Å². The molecule has 0 atom stereocenters. The number of anilines is 2. The third-order valence-electron chi connectivity index (χ3n) is 3.05. The largest absolute Gasteiger partial charge is 0.497 e. The number of rotatable bonds is 3. The number of nitrogens with two attached hydrogens (primary N) is 1. The normalized spacial score (nSPS) is 10.5. The van der Waals surface area contributed by atoms with Crippen LogP contribution in [0, 0.1) is 0 Å². The number of H-pyrrole nitrogens is 1. The fourth-order valence-corrected chi connectivity index (χ4v) is 2.06. The molecule has 1 aromatic heterocycles. The van der Waals surface area contributed by atoms with Gasteiger partial charge in [-0.2, -0.15) is 0 Å². The highest BCUT2D eigenvalue weighted by Crippen LogP contribution is 2.20. The number of imidazole rings is 1. The van der Waals surface area contributed by atoms with Gasteiger partial charge in [0.2, 0.25) is 5.95 Å². The number of hydrogen-bond acceptors (Lipinski definition) is 4. The molecule has 21 heavy (non-hydrogen) atoms. The van der Waals surface area contributed by atoms with Crippen molar-refractivity contribution in [2.45, 2.75) is 0 Å². The molecule has 4 N–H and O–H groups in total. The van der Waals surface area contributed by atoms with E-state index in [1.165, 1.54) is 7.11 Å². The van der Waals surface area contributed by atoms with Crippen molar-refractivity contribution in [3.63, 3.8) is 0 Å². The lowest BCUT2D eigenvalue weighted by molar-refractivity contribution is 0.102. The van der Waals surface area contributed by atoms with E-state index >= 15 is 0 Å². The summed E-state index contributed by atoms with van der Waals surface area (Å²) in [5, 5.41) is 2.71. The predicted octanol–water partition coefficient (Wildman–Crippen LogP) is 2.41. The van der Waals surface area contributed by atoms with Gasteiger partial charge in [0.1, 0.15) is 5.75 Å². The number of fused-ring (bicyclic) bond motifs is 1. The van der Waals surface area contributed by atoms with Gasteiger partial charge in [-0.3, -0.25) is 10.1 Å². The summed E-state index contributed by atoms with van der Waals surface area (Å²) in [6.07, 6.45) is 0. The number of nitrogens with one attached hydrogen (secondary N) is 2. The minimum atomic E-state index is -0.306. The standard InChI is InChI=1S/C15H14N4O2/c1-21-11-7-9(6-10(16)8-11)14(20)19-15-17-12-4-2-3-5-13(12)18-15/h2-8H,16H2,1H3,(H2,17,18,19,20). The zero-order valence-electron chi connectivity index (χ0n) is 11.4. The lowest BCUT2D eigenvalue weighted by atomic mass is 10.2. The van der Waals surface area contributed by atoms with Gasteiger partial charge in [-0.05, 0) is 24.3 Å². The number of carbonyl (C=O) groups excluding carboxylic acids is 1. The Kier molecular flexibility index (Phi) is 3.19. The third kappa shape index (κ3) is 2.64. The summed E-state index contributed by atoms with van der Waals surface area (Å²) < 4.78 is 5.10. The predicted molar refractivity (Wildman–Crippen MR) is 81.5 cm³/mol. The second-order valence-corrected chi connectivity index (χ2v) is 4.55. The van der Waals surface area contributed by atoms with Crippen molar-refractivity contribution >= 4 is 28.6 Å². The molecule has 3 aromatic rings. The molecule has 0 aliphatic carbocycles. The highest BCUT2D eigenvalue weighted by molar-refractivity contribution is 6.04. The molecule has 0 radical (unpaired) electrons. The van der Waals surface area contributed by atoms with E-state index in [0.717, 1.165) is 11.0 Å². The molecule has 3 rings (SSSR count). The number of amides is 1. The van der Waals surface area contributed by atoms with E-state index in [0.29, 0.717) is 22.9 Å². The van der Waals surface area contributed by atoms with Gasteiger partial charge in [0.25, 0.3) is 5.91 Å². The van der Waals surface area contributed by atoms with Crippen LogP contribution in [0.15, 0.2) is 42.5 Å². The first-order valence-corrected chi connectivity index (χ1v) is 6.36. The Morgan fingerprint density at radius 3 is 2.86 bits per heavy atom. The van der Waals surface area contributed by atoms with E-state index in [4.69, 9.17) is 10.5 Å². The van der Waals surface area contributed by atoms with Crippen molar-refractivity contribution in [1.29, 1.82) is 0 Å². The lowest BCUT2D eigenvalue weighted by Gasteiger charge is -2.06. The number of carbonyl (C=O) groups is 1. The summed E-state index contributed by atoms with van der Waals surface area (Å²) >= 11 is 0. The summed E-state index contributed by atoms with van der Waals surface area (Å²) in [5.74, 6) is 0.618.